The molecule has 2 aromatic rings. The molecule has 0 unspecified atom stereocenters. The summed E-state index contributed by atoms with van der Waals surface area (Å²) in [5.41, 5.74) is 1.01. The van der Waals surface area contributed by atoms with Crippen molar-refractivity contribution in [3.8, 4) is 5.75 Å². The van der Waals surface area contributed by atoms with Gasteiger partial charge in [0.2, 0.25) is 5.91 Å². The lowest BCUT2D eigenvalue weighted by Crippen LogP contribution is -2.41. The first-order valence-electron chi connectivity index (χ1n) is 12.1. The van der Waals surface area contributed by atoms with Crippen LogP contribution in [0.4, 0.5) is 16.3 Å². The Hall–Kier alpha value is -3.03. The number of hydrogen-bond acceptors (Lipinski definition) is 4. The first-order chi connectivity index (χ1) is 15.9. The minimum atomic E-state index is -0.338. The second-order valence-corrected chi connectivity index (χ2v) is 10.4. The Morgan fingerprint density at radius 3 is 2.32 bits per heavy atom. The minimum absolute atomic E-state index is 0.0667. The van der Waals surface area contributed by atoms with Gasteiger partial charge in [0.1, 0.15) is 18.1 Å². The maximum Gasteiger partial charge on any atom is 0.322 e. The molecule has 8 nitrogen and oxygen atoms in total. The number of aromatic nitrogens is 2. The van der Waals surface area contributed by atoms with Gasteiger partial charge in [-0.25, -0.2) is 9.48 Å². The number of nitrogens with zero attached hydrogens (tertiary/aromatic N) is 3. The zero-order valence-electron chi connectivity index (χ0n) is 22.0. The van der Waals surface area contributed by atoms with Gasteiger partial charge in [-0.2, -0.15) is 5.10 Å². The molecule has 0 aliphatic heterocycles. The van der Waals surface area contributed by atoms with E-state index in [1.54, 1.807) is 6.07 Å². The molecule has 0 aliphatic carbocycles. The molecule has 0 saturated heterocycles. The summed E-state index contributed by atoms with van der Waals surface area (Å²) in [5, 5.41) is 10.6. The summed E-state index contributed by atoms with van der Waals surface area (Å²) in [6.45, 7) is 17.2. The SMILES string of the molecule is CCCCN(CC(=O)Nc1cc(C(C)(C)C)nn1C(C)(C)C)C(=O)Nc1ccccc1OCC. The average Bonchev–Trinajstić information content (AvgIpc) is 3.17. The van der Waals surface area contributed by atoms with Gasteiger partial charge in [0.25, 0.3) is 0 Å². The molecule has 3 amide bonds. The first-order valence-corrected chi connectivity index (χ1v) is 12.1. The van der Waals surface area contributed by atoms with Crippen molar-refractivity contribution in [1.29, 1.82) is 0 Å². The Balaban J connectivity index is 2.20. The fraction of sp³-hybridized carbons (Fsp3) is 0.577. The third-order valence-electron chi connectivity index (χ3n) is 5.21. The number of urea groups is 1. The van der Waals surface area contributed by atoms with E-state index in [0.717, 1.165) is 18.5 Å². The Bertz CT molecular complexity index is 970. The van der Waals surface area contributed by atoms with Crippen LogP contribution in [0.1, 0.15) is 73.9 Å². The van der Waals surface area contributed by atoms with Gasteiger partial charge in [0.15, 0.2) is 0 Å². The van der Waals surface area contributed by atoms with Crippen LogP contribution in [-0.4, -0.2) is 46.3 Å². The number of carbonyl (C=O) groups is 2. The number of amides is 3. The normalized spacial score (nSPS) is 11.8. The number of benzene rings is 1. The minimum Gasteiger partial charge on any atom is -0.492 e. The van der Waals surface area contributed by atoms with Crippen molar-refractivity contribution in [3.05, 3.63) is 36.0 Å². The number of rotatable bonds is 9. The third kappa shape index (κ3) is 7.50. The highest BCUT2D eigenvalue weighted by atomic mass is 16.5. The van der Waals surface area contributed by atoms with Gasteiger partial charge in [-0.1, -0.05) is 46.2 Å². The molecule has 188 valence electrons. The molecule has 0 spiro atoms. The Morgan fingerprint density at radius 1 is 1.06 bits per heavy atom. The largest absolute Gasteiger partial charge is 0.492 e. The molecule has 0 atom stereocenters. The zero-order valence-corrected chi connectivity index (χ0v) is 22.0. The van der Waals surface area contributed by atoms with Crippen LogP contribution in [0.3, 0.4) is 0 Å². The lowest BCUT2D eigenvalue weighted by atomic mass is 9.92. The summed E-state index contributed by atoms with van der Waals surface area (Å²) >= 11 is 0. The summed E-state index contributed by atoms with van der Waals surface area (Å²) in [5.74, 6) is 0.956. The Kier molecular flexibility index (Phi) is 9.13. The van der Waals surface area contributed by atoms with Crippen LogP contribution in [0.5, 0.6) is 5.75 Å². The van der Waals surface area contributed by atoms with E-state index in [9.17, 15) is 9.59 Å². The number of hydrogen-bond donors (Lipinski definition) is 2. The lowest BCUT2D eigenvalue weighted by Gasteiger charge is -2.25. The molecular weight excluding hydrogens is 430 g/mol. The third-order valence-corrected chi connectivity index (χ3v) is 5.21. The van der Waals surface area contributed by atoms with Gasteiger partial charge in [-0.3, -0.25) is 4.79 Å². The summed E-state index contributed by atoms with van der Waals surface area (Å²) in [6.07, 6.45) is 1.70. The van der Waals surface area contributed by atoms with Crippen molar-refractivity contribution in [3.63, 3.8) is 0 Å². The number of ether oxygens (including phenoxy) is 1. The second-order valence-electron chi connectivity index (χ2n) is 10.4. The van der Waals surface area contributed by atoms with E-state index >= 15 is 0 Å². The standard InChI is InChI=1S/C26H41N5O3/c1-9-11-16-30(24(33)27-19-14-12-13-15-20(19)34-10-2)18-23(32)28-22-17-21(25(3,4)5)29-31(22)26(6,7)8/h12-15,17H,9-11,16,18H2,1-8H3,(H,27,33)(H,28,32). The van der Waals surface area contributed by atoms with Crippen molar-refractivity contribution in [2.45, 2.75) is 79.2 Å². The molecule has 0 fully saturated rings. The van der Waals surface area contributed by atoms with E-state index in [2.05, 4.69) is 38.3 Å². The number of para-hydroxylation sites is 2. The van der Waals surface area contributed by atoms with Crippen LogP contribution in [0.25, 0.3) is 0 Å². The highest BCUT2D eigenvalue weighted by Crippen LogP contribution is 2.28. The summed E-state index contributed by atoms with van der Waals surface area (Å²) in [6, 6.07) is 8.86. The quantitative estimate of drug-likeness (QED) is 0.498. The van der Waals surface area contributed by atoms with Gasteiger partial charge >= 0.3 is 6.03 Å². The summed E-state index contributed by atoms with van der Waals surface area (Å²) in [4.78, 5) is 27.7. The predicted octanol–water partition coefficient (Wildman–Crippen LogP) is 5.61. The predicted molar refractivity (Wildman–Crippen MR) is 138 cm³/mol. The lowest BCUT2D eigenvalue weighted by molar-refractivity contribution is -0.116. The zero-order chi connectivity index (χ0) is 25.5. The second kappa shape index (κ2) is 11.4. The monoisotopic (exact) mass is 471 g/mol. The summed E-state index contributed by atoms with van der Waals surface area (Å²) in [7, 11) is 0. The van der Waals surface area contributed by atoms with E-state index in [1.165, 1.54) is 4.90 Å². The fourth-order valence-electron chi connectivity index (χ4n) is 3.35. The van der Waals surface area contributed by atoms with Crippen molar-refractivity contribution in [1.82, 2.24) is 14.7 Å². The Morgan fingerprint density at radius 2 is 1.74 bits per heavy atom. The van der Waals surface area contributed by atoms with Gasteiger partial charge in [0.05, 0.1) is 23.5 Å². The fourth-order valence-corrected chi connectivity index (χ4v) is 3.35. The van der Waals surface area contributed by atoms with E-state index in [0.29, 0.717) is 30.4 Å². The van der Waals surface area contributed by atoms with E-state index < -0.39 is 0 Å². The highest BCUT2D eigenvalue weighted by molar-refractivity contribution is 5.97. The maximum absolute atomic E-state index is 13.1. The number of nitrogens with one attached hydrogen (secondary N) is 2. The van der Waals surface area contributed by atoms with Gasteiger partial charge in [-0.05, 0) is 46.2 Å². The van der Waals surface area contributed by atoms with Gasteiger partial charge < -0.3 is 20.3 Å². The van der Waals surface area contributed by atoms with Crippen LogP contribution < -0.4 is 15.4 Å². The van der Waals surface area contributed by atoms with E-state index in [4.69, 9.17) is 9.84 Å². The molecule has 1 aromatic carbocycles. The van der Waals surface area contributed by atoms with E-state index in [1.807, 2.05) is 56.6 Å². The smallest absolute Gasteiger partial charge is 0.322 e. The molecule has 34 heavy (non-hydrogen) atoms. The van der Waals surface area contributed by atoms with Crippen LogP contribution in [0, 0.1) is 0 Å². The van der Waals surface area contributed by atoms with Crippen LogP contribution in [-0.2, 0) is 15.7 Å². The molecule has 1 aromatic heterocycles. The molecule has 0 aliphatic rings. The van der Waals surface area contributed by atoms with Gasteiger partial charge in [-0.15, -0.1) is 0 Å². The van der Waals surface area contributed by atoms with E-state index in [-0.39, 0.29) is 29.4 Å². The molecule has 0 radical (unpaired) electrons. The van der Waals surface area contributed by atoms with Crippen LogP contribution >= 0.6 is 0 Å². The highest BCUT2D eigenvalue weighted by Gasteiger charge is 2.26. The van der Waals surface area contributed by atoms with Crippen molar-refractivity contribution >= 4 is 23.4 Å². The molecule has 2 rings (SSSR count). The molecule has 8 heteroatoms. The molecular formula is C26H41N5O3. The first kappa shape index (κ1) is 27.2. The van der Waals surface area contributed by atoms with Crippen molar-refractivity contribution in [2.75, 3.05) is 30.3 Å². The van der Waals surface area contributed by atoms with Crippen LogP contribution in [0.2, 0.25) is 0 Å². The topological polar surface area (TPSA) is 88.5 Å². The number of anilines is 2. The van der Waals surface area contributed by atoms with Gasteiger partial charge in [0, 0.05) is 18.0 Å². The Labute approximate surface area is 204 Å². The molecule has 1 heterocycles. The molecule has 2 N–H and O–H groups in total. The van der Waals surface area contributed by atoms with Crippen LogP contribution in [0.15, 0.2) is 30.3 Å². The average molecular weight is 472 g/mol. The molecule has 0 bridgehead atoms. The maximum atomic E-state index is 13.1. The summed E-state index contributed by atoms with van der Waals surface area (Å²) < 4.78 is 7.44. The molecule has 0 saturated carbocycles. The van der Waals surface area contributed by atoms with Crippen molar-refractivity contribution in [2.24, 2.45) is 0 Å². The number of unbranched alkanes of at least 4 members (excludes halogenated alkanes) is 1. The number of carbonyl (C=O) groups excluding carboxylic acids is 2. The van der Waals surface area contributed by atoms with Crippen molar-refractivity contribution < 1.29 is 14.3 Å².